The van der Waals surface area contributed by atoms with Crippen molar-refractivity contribution >= 4 is 11.6 Å². The summed E-state index contributed by atoms with van der Waals surface area (Å²) in [6, 6.07) is 8.34. The van der Waals surface area contributed by atoms with Crippen LogP contribution >= 0.6 is 11.6 Å². The molecule has 0 aliphatic heterocycles. The number of H-pyrrole nitrogens is 1. The van der Waals surface area contributed by atoms with Crippen molar-refractivity contribution in [2.45, 2.75) is 32.7 Å². The second-order valence-corrected chi connectivity index (χ2v) is 5.74. The highest BCUT2D eigenvalue weighted by Crippen LogP contribution is 2.26. The lowest BCUT2D eigenvalue weighted by atomic mass is 9.87. The Labute approximate surface area is 112 Å². The average molecular weight is 264 g/mol. The highest BCUT2D eigenvalue weighted by molar-refractivity contribution is 6.30. The van der Waals surface area contributed by atoms with Gasteiger partial charge in [-0.25, -0.2) is 4.98 Å². The van der Waals surface area contributed by atoms with Crippen molar-refractivity contribution in [1.29, 1.82) is 0 Å². The molecular weight excluding hydrogens is 246 g/mol. The van der Waals surface area contributed by atoms with Gasteiger partial charge in [0, 0.05) is 12.1 Å². The number of benzene rings is 1. The van der Waals surface area contributed by atoms with Crippen LogP contribution in [0.2, 0.25) is 5.15 Å². The summed E-state index contributed by atoms with van der Waals surface area (Å²) < 4.78 is 0. The minimum Gasteiger partial charge on any atom is -0.339 e. The summed E-state index contributed by atoms with van der Waals surface area (Å²) in [5, 5.41) is 0.451. The van der Waals surface area contributed by atoms with Gasteiger partial charge in [0.05, 0.1) is 5.69 Å². The standard InChI is InChI=1S/C14H18ClN3/c1-14(2,3)10-6-4-9(5-7-10)13-17-11(8-16)12(15)18-13/h4-7H,8,16H2,1-3H3,(H,17,18). The molecule has 0 amide bonds. The van der Waals surface area contributed by atoms with Crippen LogP contribution in [0.25, 0.3) is 11.4 Å². The predicted molar refractivity (Wildman–Crippen MR) is 75.6 cm³/mol. The fourth-order valence-electron chi connectivity index (χ4n) is 1.79. The van der Waals surface area contributed by atoms with E-state index in [1.807, 2.05) is 0 Å². The molecule has 3 nitrogen and oxygen atoms in total. The second-order valence-electron chi connectivity index (χ2n) is 5.39. The zero-order chi connectivity index (χ0) is 13.3. The van der Waals surface area contributed by atoms with Gasteiger partial charge in [0.1, 0.15) is 5.82 Å². The number of imidazole rings is 1. The quantitative estimate of drug-likeness (QED) is 0.871. The van der Waals surface area contributed by atoms with Gasteiger partial charge >= 0.3 is 0 Å². The fourth-order valence-corrected chi connectivity index (χ4v) is 2.00. The van der Waals surface area contributed by atoms with Gasteiger partial charge in [-0.05, 0) is 11.0 Å². The molecule has 0 aliphatic rings. The summed E-state index contributed by atoms with van der Waals surface area (Å²) in [4.78, 5) is 7.41. The monoisotopic (exact) mass is 263 g/mol. The lowest BCUT2D eigenvalue weighted by Gasteiger charge is -2.18. The van der Waals surface area contributed by atoms with Crippen LogP contribution in [0.1, 0.15) is 32.0 Å². The number of nitrogens with two attached hydrogens (primary N) is 1. The van der Waals surface area contributed by atoms with E-state index in [2.05, 4.69) is 55.0 Å². The van der Waals surface area contributed by atoms with Crippen LogP contribution in [-0.4, -0.2) is 9.97 Å². The number of nitrogens with one attached hydrogen (secondary N) is 1. The average Bonchev–Trinajstić information content (AvgIpc) is 2.69. The Morgan fingerprint density at radius 2 is 1.83 bits per heavy atom. The van der Waals surface area contributed by atoms with Crippen molar-refractivity contribution in [3.05, 3.63) is 40.7 Å². The minimum absolute atomic E-state index is 0.155. The van der Waals surface area contributed by atoms with Crippen LogP contribution in [0.3, 0.4) is 0 Å². The fraction of sp³-hybridized carbons (Fsp3) is 0.357. The molecule has 1 heterocycles. The van der Waals surface area contributed by atoms with Crippen LogP contribution in [-0.2, 0) is 12.0 Å². The van der Waals surface area contributed by atoms with Gasteiger partial charge in [0.2, 0.25) is 0 Å². The summed E-state index contributed by atoms with van der Waals surface area (Å²) in [5.41, 5.74) is 8.80. The molecule has 1 aromatic heterocycles. The van der Waals surface area contributed by atoms with E-state index in [-0.39, 0.29) is 5.41 Å². The SMILES string of the molecule is CC(C)(C)c1ccc(-c2nc(Cl)c(CN)[nH]2)cc1. The lowest BCUT2D eigenvalue weighted by molar-refractivity contribution is 0.590. The Kier molecular flexibility index (Phi) is 3.46. The van der Waals surface area contributed by atoms with Crippen LogP contribution < -0.4 is 5.73 Å². The predicted octanol–water partition coefficient (Wildman–Crippen LogP) is 3.49. The van der Waals surface area contributed by atoms with E-state index in [0.717, 1.165) is 17.1 Å². The Bertz CT molecular complexity index is 535. The van der Waals surface area contributed by atoms with Crippen molar-refractivity contribution in [3.63, 3.8) is 0 Å². The van der Waals surface area contributed by atoms with Gasteiger partial charge in [-0.1, -0.05) is 56.6 Å². The molecule has 0 saturated heterocycles. The number of hydrogen-bond donors (Lipinski definition) is 2. The van der Waals surface area contributed by atoms with Crippen molar-refractivity contribution in [2.24, 2.45) is 5.73 Å². The number of aromatic amines is 1. The normalized spacial score (nSPS) is 11.8. The minimum atomic E-state index is 0.155. The highest BCUT2D eigenvalue weighted by Gasteiger charge is 2.14. The summed E-state index contributed by atoms with van der Waals surface area (Å²) >= 11 is 5.98. The first kappa shape index (κ1) is 13.1. The molecule has 3 N–H and O–H groups in total. The number of hydrogen-bond acceptors (Lipinski definition) is 2. The lowest BCUT2D eigenvalue weighted by Crippen LogP contribution is -2.10. The molecule has 0 bridgehead atoms. The van der Waals surface area contributed by atoms with Gasteiger partial charge < -0.3 is 10.7 Å². The molecule has 2 aromatic rings. The maximum atomic E-state index is 5.98. The third-order valence-electron chi connectivity index (χ3n) is 2.96. The molecule has 1 aromatic carbocycles. The Balaban J connectivity index is 2.34. The molecule has 0 saturated carbocycles. The first-order valence-corrected chi connectivity index (χ1v) is 6.35. The second kappa shape index (κ2) is 4.75. The summed E-state index contributed by atoms with van der Waals surface area (Å²) in [6.07, 6.45) is 0. The van der Waals surface area contributed by atoms with Gasteiger partial charge in [-0.3, -0.25) is 0 Å². The molecule has 0 aliphatic carbocycles. The van der Waals surface area contributed by atoms with Crippen molar-refractivity contribution in [2.75, 3.05) is 0 Å². The molecule has 4 heteroatoms. The van der Waals surface area contributed by atoms with Crippen LogP contribution in [0, 0.1) is 0 Å². The van der Waals surface area contributed by atoms with Crippen molar-refractivity contribution < 1.29 is 0 Å². The van der Waals surface area contributed by atoms with Gasteiger partial charge in [0.25, 0.3) is 0 Å². The summed E-state index contributed by atoms with van der Waals surface area (Å²) in [7, 11) is 0. The zero-order valence-electron chi connectivity index (χ0n) is 10.9. The first-order chi connectivity index (χ1) is 8.41. The van der Waals surface area contributed by atoms with Crippen LogP contribution in [0.5, 0.6) is 0 Å². The number of halogens is 1. The van der Waals surface area contributed by atoms with E-state index < -0.39 is 0 Å². The van der Waals surface area contributed by atoms with Crippen molar-refractivity contribution in [1.82, 2.24) is 9.97 Å². The topological polar surface area (TPSA) is 54.7 Å². The molecule has 0 atom stereocenters. The van der Waals surface area contributed by atoms with Gasteiger partial charge in [-0.2, -0.15) is 0 Å². The number of nitrogens with zero attached hydrogens (tertiary/aromatic N) is 1. The molecule has 2 rings (SSSR count). The highest BCUT2D eigenvalue weighted by atomic mass is 35.5. The Morgan fingerprint density at radius 3 is 2.28 bits per heavy atom. The van der Waals surface area contributed by atoms with E-state index >= 15 is 0 Å². The molecule has 0 fully saturated rings. The van der Waals surface area contributed by atoms with E-state index in [1.54, 1.807) is 0 Å². The van der Waals surface area contributed by atoms with E-state index in [9.17, 15) is 0 Å². The van der Waals surface area contributed by atoms with Crippen LogP contribution in [0.4, 0.5) is 0 Å². The first-order valence-electron chi connectivity index (χ1n) is 5.97. The molecule has 96 valence electrons. The van der Waals surface area contributed by atoms with E-state index in [0.29, 0.717) is 11.7 Å². The smallest absolute Gasteiger partial charge is 0.152 e. The summed E-state index contributed by atoms with van der Waals surface area (Å²) in [5.74, 6) is 0.765. The zero-order valence-corrected chi connectivity index (χ0v) is 11.7. The maximum Gasteiger partial charge on any atom is 0.152 e. The third kappa shape index (κ3) is 2.57. The largest absolute Gasteiger partial charge is 0.339 e. The third-order valence-corrected chi connectivity index (χ3v) is 3.27. The Morgan fingerprint density at radius 1 is 1.22 bits per heavy atom. The molecule has 0 unspecified atom stereocenters. The molecule has 0 radical (unpaired) electrons. The molecular formula is C14H18ClN3. The maximum absolute atomic E-state index is 5.98. The van der Waals surface area contributed by atoms with E-state index in [4.69, 9.17) is 17.3 Å². The Hall–Kier alpha value is -1.32. The molecule has 0 spiro atoms. The summed E-state index contributed by atoms with van der Waals surface area (Å²) in [6.45, 7) is 6.95. The van der Waals surface area contributed by atoms with Crippen LogP contribution in [0.15, 0.2) is 24.3 Å². The number of rotatable bonds is 2. The molecule has 18 heavy (non-hydrogen) atoms. The van der Waals surface area contributed by atoms with E-state index in [1.165, 1.54) is 5.56 Å². The number of aromatic nitrogens is 2. The van der Waals surface area contributed by atoms with Gasteiger partial charge in [0.15, 0.2) is 5.15 Å². The van der Waals surface area contributed by atoms with Crippen molar-refractivity contribution in [3.8, 4) is 11.4 Å². The van der Waals surface area contributed by atoms with Gasteiger partial charge in [-0.15, -0.1) is 0 Å².